The van der Waals surface area contributed by atoms with Crippen LogP contribution in [0.5, 0.6) is 5.88 Å². The molecule has 2 heterocycles. The van der Waals surface area contributed by atoms with Gasteiger partial charge in [-0.2, -0.15) is 4.98 Å². The van der Waals surface area contributed by atoms with E-state index in [1.54, 1.807) is 12.4 Å². The summed E-state index contributed by atoms with van der Waals surface area (Å²) in [6.45, 7) is 5.63. The number of nitrogens with zero attached hydrogens (tertiary/aromatic N) is 3. The van der Waals surface area contributed by atoms with Crippen LogP contribution in [0.3, 0.4) is 0 Å². The van der Waals surface area contributed by atoms with Crippen LogP contribution in [0, 0.1) is 5.92 Å². The number of hydrogen-bond acceptors (Lipinski definition) is 5. The van der Waals surface area contributed by atoms with Gasteiger partial charge in [0.1, 0.15) is 0 Å². The van der Waals surface area contributed by atoms with Crippen LogP contribution in [0.2, 0.25) is 0 Å². The molecule has 0 amide bonds. The summed E-state index contributed by atoms with van der Waals surface area (Å²) in [5.74, 6) is 1.03. The van der Waals surface area contributed by atoms with Gasteiger partial charge in [0.2, 0.25) is 5.88 Å². The van der Waals surface area contributed by atoms with E-state index in [1.165, 1.54) is 0 Å². The predicted molar refractivity (Wildman–Crippen MR) is 75.0 cm³/mol. The molecule has 1 N–H and O–H groups in total. The van der Waals surface area contributed by atoms with Crippen LogP contribution in [-0.2, 0) is 4.79 Å². The molecule has 0 aromatic carbocycles. The van der Waals surface area contributed by atoms with Crippen molar-refractivity contribution in [1.29, 1.82) is 0 Å². The second-order valence-corrected chi connectivity index (χ2v) is 5.42. The summed E-state index contributed by atoms with van der Waals surface area (Å²) in [6.07, 6.45) is 5.38. The van der Waals surface area contributed by atoms with Crippen LogP contribution in [0.4, 0.5) is 5.82 Å². The van der Waals surface area contributed by atoms with Gasteiger partial charge in [-0.1, -0.05) is 0 Å². The molecule has 2 rings (SSSR count). The van der Waals surface area contributed by atoms with Crippen LogP contribution in [-0.4, -0.2) is 40.2 Å². The normalized spacial score (nSPS) is 18.6. The molecule has 1 fully saturated rings. The number of aliphatic carboxylic acids is 1. The maximum absolute atomic E-state index is 10.6. The van der Waals surface area contributed by atoms with Gasteiger partial charge >= 0.3 is 5.97 Å². The van der Waals surface area contributed by atoms with Gasteiger partial charge in [0.25, 0.3) is 0 Å². The van der Waals surface area contributed by atoms with Crippen molar-refractivity contribution in [2.45, 2.75) is 39.2 Å². The third-order valence-corrected chi connectivity index (χ3v) is 3.33. The number of ether oxygens (including phenoxy) is 1. The van der Waals surface area contributed by atoms with Crippen molar-refractivity contribution in [3.63, 3.8) is 0 Å². The van der Waals surface area contributed by atoms with E-state index in [0.29, 0.717) is 11.8 Å². The number of hydrogen-bond donors (Lipinski definition) is 1. The molecular weight excluding hydrogens is 258 g/mol. The summed E-state index contributed by atoms with van der Waals surface area (Å²) in [4.78, 5) is 21.4. The standard InChI is InChI=1S/C14H21N3O3/c1-10(2)20-13-8-15-7-12(16-13)17-6-5-11(9-17)3-4-14(18)19/h7-8,10-11H,3-6,9H2,1-2H3,(H,18,19). The molecule has 0 radical (unpaired) electrons. The van der Waals surface area contributed by atoms with Gasteiger partial charge in [-0.25, -0.2) is 0 Å². The monoisotopic (exact) mass is 279 g/mol. The Kier molecular flexibility index (Phi) is 4.76. The minimum Gasteiger partial charge on any atom is -0.481 e. The Labute approximate surface area is 118 Å². The summed E-state index contributed by atoms with van der Waals surface area (Å²) < 4.78 is 5.54. The first-order chi connectivity index (χ1) is 9.54. The Bertz CT molecular complexity index is 465. The third-order valence-electron chi connectivity index (χ3n) is 3.33. The molecule has 0 aliphatic carbocycles. The average molecular weight is 279 g/mol. The predicted octanol–water partition coefficient (Wildman–Crippen LogP) is 1.95. The lowest BCUT2D eigenvalue weighted by molar-refractivity contribution is -0.137. The van der Waals surface area contributed by atoms with Crippen molar-refractivity contribution in [2.75, 3.05) is 18.0 Å². The number of carboxylic acid groups (broad SMARTS) is 1. The lowest BCUT2D eigenvalue weighted by Gasteiger charge is -2.18. The summed E-state index contributed by atoms with van der Waals surface area (Å²) in [6, 6.07) is 0. The van der Waals surface area contributed by atoms with Gasteiger partial charge < -0.3 is 14.7 Å². The Balaban J connectivity index is 1.94. The van der Waals surface area contributed by atoms with Gasteiger partial charge in [0, 0.05) is 19.5 Å². The summed E-state index contributed by atoms with van der Waals surface area (Å²) >= 11 is 0. The van der Waals surface area contributed by atoms with Crippen LogP contribution >= 0.6 is 0 Å². The van der Waals surface area contributed by atoms with E-state index in [2.05, 4.69) is 14.9 Å². The van der Waals surface area contributed by atoms with Crippen molar-refractivity contribution in [1.82, 2.24) is 9.97 Å². The fraction of sp³-hybridized carbons (Fsp3) is 0.643. The Morgan fingerprint density at radius 3 is 3.05 bits per heavy atom. The Hall–Kier alpha value is -1.85. The fourth-order valence-corrected chi connectivity index (χ4v) is 2.39. The van der Waals surface area contributed by atoms with Crippen molar-refractivity contribution in [3.05, 3.63) is 12.4 Å². The number of aromatic nitrogens is 2. The van der Waals surface area contributed by atoms with Crippen molar-refractivity contribution in [3.8, 4) is 5.88 Å². The van der Waals surface area contributed by atoms with E-state index in [1.807, 2.05) is 13.8 Å². The number of rotatable bonds is 6. The first-order valence-corrected chi connectivity index (χ1v) is 7.00. The highest BCUT2D eigenvalue weighted by Gasteiger charge is 2.24. The number of carboxylic acids is 1. The zero-order valence-corrected chi connectivity index (χ0v) is 12.0. The van der Waals surface area contributed by atoms with E-state index in [-0.39, 0.29) is 12.5 Å². The summed E-state index contributed by atoms with van der Waals surface area (Å²) in [5.41, 5.74) is 0. The molecule has 1 aliphatic rings. The smallest absolute Gasteiger partial charge is 0.303 e. The molecule has 6 heteroatoms. The van der Waals surface area contributed by atoms with Crippen LogP contribution in [0.15, 0.2) is 12.4 Å². The van der Waals surface area contributed by atoms with Crippen LogP contribution < -0.4 is 9.64 Å². The molecule has 0 saturated carbocycles. The van der Waals surface area contributed by atoms with E-state index in [9.17, 15) is 4.79 Å². The maximum Gasteiger partial charge on any atom is 0.303 e. The Morgan fingerprint density at radius 1 is 1.55 bits per heavy atom. The molecule has 0 bridgehead atoms. The van der Waals surface area contributed by atoms with Gasteiger partial charge in [-0.05, 0) is 32.6 Å². The lowest BCUT2D eigenvalue weighted by atomic mass is 10.0. The molecule has 1 saturated heterocycles. The van der Waals surface area contributed by atoms with Gasteiger partial charge in [-0.3, -0.25) is 9.78 Å². The second-order valence-electron chi connectivity index (χ2n) is 5.42. The SMILES string of the molecule is CC(C)Oc1cncc(N2CCC(CCC(=O)O)C2)n1. The van der Waals surface area contributed by atoms with Crippen molar-refractivity contribution < 1.29 is 14.6 Å². The molecule has 20 heavy (non-hydrogen) atoms. The first-order valence-electron chi connectivity index (χ1n) is 7.00. The highest BCUT2D eigenvalue weighted by atomic mass is 16.5. The van der Waals surface area contributed by atoms with Crippen molar-refractivity contribution >= 4 is 11.8 Å². The molecule has 1 aliphatic heterocycles. The zero-order valence-electron chi connectivity index (χ0n) is 12.0. The van der Waals surface area contributed by atoms with Crippen molar-refractivity contribution in [2.24, 2.45) is 5.92 Å². The van der Waals surface area contributed by atoms with E-state index < -0.39 is 5.97 Å². The molecular formula is C14H21N3O3. The number of carbonyl (C=O) groups is 1. The fourth-order valence-electron chi connectivity index (χ4n) is 2.39. The molecule has 6 nitrogen and oxygen atoms in total. The summed E-state index contributed by atoms with van der Waals surface area (Å²) in [7, 11) is 0. The molecule has 110 valence electrons. The minimum absolute atomic E-state index is 0.0708. The van der Waals surface area contributed by atoms with Gasteiger partial charge in [-0.15, -0.1) is 0 Å². The third kappa shape index (κ3) is 4.08. The summed E-state index contributed by atoms with van der Waals surface area (Å²) in [5, 5.41) is 8.72. The quantitative estimate of drug-likeness (QED) is 0.858. The van der Waals surface area contributed by atoms with Crippen LogP contribution in [0.25, 0.3) is 0 Å². The molecule has 1 aromatic heterocycles. The second kappa shape index (κ2) is 6.54. The van der Waals surface area contributed by atoms with Gasteiger partial charge in [0.15, 0.2) is 5.82 Å². The van der Waals surface area contributed by atoms with E-state index in [0.717, 1.165) is 31.7 Å². The lowest BCUT2D eigenvalue weighted by Crippen LogP contribution is -2.21. The highest BCUT2D eigenvalue weighted by Crippen LogP contribution is 2.25. The van der Waals surface area contributed by atoms with Gasteiger partial charge in [0.05, 0.1) is 18.5 Å². The average Bonchev–Trinajstić information content (AvgIpc) is 2.84. The minimum atomic E-state index is -0.726. The Morgan fingerprint density at radius 2 is 2.35 bits per heavy atom. The van der Waals surface area contributed by atoms with Crippen LogP contribution in [0.1, 0.15) is 33.1 Å². The zero-order chi connectivity index (χ0) is 14.5. The molecule has 1 unspecified atom stereocenters. The van der Waals surface area contributed by atoms with E-state index >= 15 is 0 Å². The first kappa shape index (κ1) is 14.6. The molecule has 1 aromatic rings. The number of anilines is 1. The molecule has 1 atom stereocenters. The highest BCUT2D eigenvalue weighted by molar-refractivity contribution is 5.66. The molecule has 0 spiro atoms. The topological polar surface area (TPSA) is 75.5 Å². The maximum atomic E-state index is 10.6. The largest absolute Gasteiger partial charge is 0.481 e. The van der Waals surface area contributed by atoms with E-state index in [4.69, 9.17) is 9.84 Å².